The van der Waals surface area contributed by atoms with E-state index in [0.29, 0.717) is 31.0 Å². The number of halogens is 1. The Kier molecular flexibility index (Phi) is 8.40. The van der Waals surface area contributed by atoms with Gasteiger partial charge in [0.1, 0.15) is 6.17 Å². The summed E-state index contributed by atoms with van der Waals surface area (Å²) in [6.45, 7) is 6.50. The van der Waals surface area contributed by atoms with Gasteiger partial charge in [-0.1, -0.05) is 25.7 Å². The molecule has 4 heterocycles. The van der Waals surface area contributed by atoms with Gasteiger partial charge < -0.3 is 29.9 Å². The van der Waals surface area contributed by atoms with E-state index in [1.165, 1.54) is 32.1 Å². The fraction of sp³-hybridized carbons (Fsp3) is 0.882. The van der Waals surface area contributed by atoms with Gasteiger partial charge in [-0.2, -0.15) is 0 Å². The van der Waals surface area contributed by atoms with Crippen molar-refractivity contribution in [3.05, 3.63) is 11.8 Å². The van der Waals surface area contributed by atoms with E-state index in [1.54, 1.807) is 0 Å². The molecular formula is C34H53FN4O4. The van der Waals surface area contributed by atoms with Gasteiger partial charge in [-0.25, -0.2) is 4.39 Å². The molecule has 2 N–H and O–H groups in total. The molecule has 3 saturated heterocycles. The van der Waals surface area contributed by atoms with E-state index >= 15 is 4.39 Å². The first-order valence-electron chi connectivity index (χ1n) is 17.4. The van der Waals surface area contributed by atoms with Crippen molar-refractivity contribution in [2.45, 2.75) is 145 Å². The number of ether oxygens (including phenoxy) is 2. The highest BCUT2D eigenvalue weighted by Crippen LogP contribution is 2.50. The van der Waals surface area contributed by atoms with Crippen LogP contribution in [0.5, 0.6) is 0 Å². The Hall–Kier alpha value is -1.55. The molecule has 7 rings (SSSR count). The summed E-state index contributed by atoms with van der Waals surface area (Å²) in [6, 6.07) is 0.0265. The summed E-state index contributed by atoms with van der Waals surface area (Å²) in [7, 11) is 2.14. The SMILES string of the molecule is CN1CCCC1CCNC(=O)C1=CN2C3CC4CCCCC4CC3OC3C(NC4CCOC(C)(C)C4)C(F)CC(C1=O)C32. The molecule has 9 heteroatoms. The third-order valence-corrected chi connectivity index (χ3v) is 12.3. The Morgan fingerprint density at radius 1 is 1.09 bits per heavy atom. The lowest BCUT2D eigenvalue weighted by atomic mass is 9.64. The molecule has 0 aromatic carbocycles. The van der Waals surface area contributed by atoms with E-state index in [2.05, 4.69) is 41.3 Å². The van der Waals surface area contributed by atoms with E-state index < -0.39 is 24.2 Å². The molecule has 0 spiro atoms. The molecular weight excluding hydrogens is 547 g/mol. The number of rotatable bonds is 6. The Balaban J connectivity index is 1.15. The molecule has 1 amide bonds. The molecule has 3 saturated carbocycles. The number of morpholine rings is 1. The van der Waals surface area contributed by atoms with Gasteiger partial charge >= 0.3 is 0 Å². The summed E-state index contributed by atoms with van der Waals surface area (Å²) in [5.74, 6) is 0.248. The van der Waals surface area contributed by atoms with Crippen LogP contribution in [-0.2, 0) is 19.1 Å². The van der Waals surface area contributed by atoms with Crippen molar-refractivity contribution in [1.82, 2.24) is 20.4 Å². The molecule has 4 aliphatic heterocycles. The zero-order valence-electron chi connectivity index (χ0n) is 26.4. The number of carbonyl (C=O) groups excluding carboxylic acids is 2. The average Bonchev–Trinajstić information content (AvgIpc) is 3.38. The summed E-state index contributed by atoms with van der Waals surface area (Å²) in [5.41, 5.74) is -0.0297. The summed E-state index contributed by atoms with van der Waals surface area (Å²) in [6.07, 6.45) is 12.3. The van der Waals surface area contributed by atoms with Gasteiger partial charge in [0.15, 0.2) is 5.78 Å². The highest BCUT2D eigenvalue weighted by Gasteiger charge is 2.60. The van der Waals surface area contributed by atoms with Gasteiger partial charge in [0, 0.05) is 37.4 Å². The molecule has 3 aliphatic carbocycles. The molecule has 0 radical (unpaired) electrons. The van der Waals surface area contributed by atoms with E-state index in [1.807, 2.05) is 6.20 Å². The predicted octanol–water partition coefficient (Wildman–Crippen LogP) is 3.73. The quantitative estimate of drug-likeness (QED) is 0.450. The van der Waals surface area contributed by atoms with Gasteiger partial charge in [-0.05, 0) is 90.6 Å². The molecule has 8 nitrogen and oxygen atoms in total. The molecule has 11 atom stereocenters. The number of Topliss-reactive ketones (excluding diaryl/α,β-unsaturated/α-hetero) is 1. The number of likely N-dealkylation sites (tertiary alicyclic amines) is 1. The smallest absolute Gasteiger partial charge is 0.256 e. The van der Waals surface area contributed by atoms with Crippen LogP contribution in [0.4, 0.5) is 4.39 Å². The molecule has 0 aromatic heterocycles. The number of amides is 1. The van der Waals surface area contributed by atoms with Gasteiger partial charge in [0.2, 0.25) is 0 Å². The predicted molar refractivity (Wildman–Crippen MR) is 162 cm³/mol. The summed E-state index contributed by atoms with van der Waals surface area (Å²) < 4.78 is 29.2. The van der Waals surface area contributed by atoms with Crippen molar-refractivity contribution in [2.75, 3.05) is 26.7 Å². The van der Waals surface area contributed by atoms with E-state index in [4.69, 9.17) is 9.47 Å². The van der Waals surface area contributed by atoms with Crippen LogP contribution < -0.4 is 10.6 Å². The summed E-state index contributed by atoms with van der Waals surface area (Å²) in [5, 5.41) is 6.76. The highest BCUT2D eigenvalue weighted by atomic mass is 19.1. The van der Waals surface area contributed by atoms with Gasteiger partial charge in [-0.15, -0.1) is 0 Å². The molecule has 240 valence electrons. The lowest BCUT2D eigenvalue weighted by Gasteiger charge is -2.61. The first-order chi connectivity index (χ1) is 20.7. The number of hydrogen-bond donors (Lipinski definition) is 2. The van der Waals surface area contributed by atoms with Crippen molar-refractivity contribution in [2.24, 2.45) is 17.8 Å². The minimum atomic E-state index is -1.22. The zero-order chi connectivity index (χ0) is 29.9. The first-order valence-corrected chi connectivity index (χ1v) is 17.4. The Morgan fingerprint density at radius 2 is 1.88 bits per heavy atom. The largest absolute Gasteiger partial charge is 0.375 e. The van der Waals surface area contributed by atoms with Crippen LogP contribution in [0.25, 0.3) is 0 Å². The topological polar surface area (TPSA) is 83.1 Å². The standard InChI is InChI=1S/C34H53FN4O4/c1-34(2)18-22(11-14-42-34)37-29-26(35)17-24-30-32(29)43-28-16-21-8-5-4-7-20(21)15-27(28)39(30)19-25(31(24)40)33(41)36-12-10-23-9-6-13-38(23)3/h19-24,26-30,32,37H,4-18H2,1-3H3,(H,36,41). The average molecular weight is 601 g/mol. The van der Waals surface area contributed by atoms with Crippen molar-refractivity contribution in [3.63, 3.8) is 0 Å². The second-order valence-corrected chi connectivity index (χ2v) is 15.5. The second-order valence-electron chi connectivity index (χ2n) is 15.5. The number of fused-ring (bicyclic) bond motifs is 3. The van der Waals surface area contributed by atoms with Gasteiger partial charge in [0.05, 0.1) is 41.5 Å². The van der Waals surface area contributed by atoms with E-state index in [-0.39, 0.29) is 53.5 Å². The molecule has 43 heavy (non-hydrogen) atoms. The maximum absolute atomic E-state index is 16.3. The van der Waals surface area contributed by atoms with E-state index in [0.717, 1.165) is 45.1 Å². The van der Waals surface area contributed by atoms with Crippen molar-refractivity contribution >= 4 is 11.7 Å². The minimum Gasteiger partial charge on any atom is -0.375 e. The molecule has 0 bridgehead atoms. The maximum atomic E-state index is 16.3. The van der Waals surface area contributed by atoms with Crippen LogP contribution in [0.1, 0.15) is 90.9 Å². The van der Waals surface area contributed by atoms with Crippen molar-refractivity contribution < 1.29 is 23.5 Å². The number of alkyl halides is 1. The number of carbonyl (C=O) groups is 2. The van der Waals surface area contributed by atoms with Crippen LogP contribution in [0.15, 0.2) is 11.8 Å². The van der Waals surface area contributed by atoms with Crippen molar-refractivity contribution in [1.29, 1.82) is 0 Å². The molecule has 0 aromatic rings. The number of nitrogens with one attached hydrogen (secondary N) is 2. The number of hydrogen-bond acceptors (Lipinski definition) is 7. The Bertz CT molecular complexity index is 1100. The van der Waals surface area contributed by atoms with Crippen LogP contribution in [-0.4, -0.2) is 102 Å². The Morgan fingerprint density at radius 3 is 2.63 bits per heavy atom. The summed E-state index contributed by atoms with van der Waals surface area (Å²) >= 11 is 0. The van der Waals surface area contributed by atoms with Crippen LogP contribution in [0.3, 0.4) is 0 Å². The second kappa shape index (κ2) is 12.0. The van der Waals surface area contributed by atoms with Crippen LogP contribution in [0, 0.1) is 17.8 Å². The lowest BCUT2D eigenvalue weighted by Crippen LogP contribution is -2.74. The lowest BCUT2D eigenvalue weighted by molar-refractivity contribution is -0.210. The fourth-order valence-corrected chi connectivity index (χ4v) is 10.1. The molecule has 6 fully saturated rings. The first kappa shape index (κ1) is 30.1. The Labute approximate surface area is 256 Å². The van der Waals surface area contributed by atoms with Crippen LogP contribution in [0.2, 0.25) is 0 Å². The van der Waals surface area contributed by atoms with Crippen molar-refractivity contribution in [3.8, 4) is 0 Å². The molecule has 7 aliphatic rings. The zero-order valence-corrected chi connectivity index (χ0v) is 26.4. The highest BCUT2D eigenvalue weighted by molar-refractivity contribution is 6.20. The number of ketones is 1. The maximum Gasteiger partial charge on any atom is 0.256 e. The summed E-state index contributed by atoms with van der Waals surface area (Å²) in [4.78, 5) is 32.3. The van der Waals surface area contributed by atoms with Crippen LogP contribution >= 0.6 is 0 Å². The monoisotopic (exact) mass is 600 g/mol. The fourth-order valence-electron chi connectivity index (χ4n) is 10.1. The third kappa shape index (κ3) is 5.81. The van der Waals surface area contributed by atoms with Gasteiger partial charge in [0.25, 0.3) is 5.91 Å². The normalized spacial score (nSPS) is 44.2. The van der Waals surface area contributed by atoms with Gasteiger partial charge in [-0.3, -0.25) is 9.59 Å². The van der Waals surface area contributed by atoms with E-state index in [9.17, 15) is 9.59 Å². The third-order valence-electron chi connectivity index (χ3n) is 12.3. The number of nitrogens with zero attached hydrogens (tertiary/aromatic N) is 2. The minimum absolute atomic E-state index is 0.00588. The molecule has 11 unspecified atom stereocenters.